The summed E-state index contributed by atoms with van der Waals surface area (Å²) in [5.41, 5.74) is 5.09. The van der Waals surface area contributed by atoms with Crippen LogP contribution < -0.4 is 5.43 Å². The third-order valence-electron chi connectivity index (χ3n) is 2.85. The van der Waals surface area contributed by atoms with E-state index in [1.54, 1.807) is 22.7 Å². The topological polar surface area (TPSA) is 24.4 Å². The van der Waals surface area contributed by atoms with Gasteiger partial charge < -0.3 is 0 Å². The Morgan fingerprint density at radius 1 is 0.950 bits per heavy atom. The zero-order valence-corrected chi connectivity index (χ0v) is 12.7. The molecule has 0 atom stereocenters. The van der Waals surface area contributed by atoms with Gasteiger partial charge >= 0.3 is 0 Å². The quantitative estimate of drug-likeness (QED) is 0.512. The smallest absolute Gasteiger partial charge is 0.0748 e. The van der Waals surface area contributed by atoms with E-state index in [0.717, 1.165) is 11.4 Å². The van der Waals surface area contributed by atoms with E-state index in [0.29, 0.717) is 0 Å². The lowest BCUT2D eigenvalue weighted by Crippen LogP contribution is -1.96. The standard InChI is InChI=1S/C16H14N2S2/c1-12(17-18-13-6-3-2-4-7-13)14-9-10-16(20-14)15-8-5-11-19-15/h2-11,18H,1H3. The maximum Gasteiger partial charge on any atom is 0.0748 e. The van der Waals surface area contributed by atoms with Crippen LogP contribution >= 0.6 is 22.7 Å². The highest BCUT2D eigenvalue weighted by atomic mass is 32.1. The van der Waals surface area contributed by atoms with Crippen molar-refractivity contribution in [2.75, 3.05) is 5.43 Å². The molecular formula is C16H14N2S2. The third-order valence-corrected chi connectivity index (χ3v) is 5.11. The van der Waals surface area contributed by atoms with Gasteiger partial charge in [0.15, 0.2) is 0 Å². The molecule has 2 heterocycles. The second-order valence-corrected chi connectivity index (χ2v) is 6.35. The average Bonchev–Trinajstić information content (AvgIpc) is 3.16. The second kappa shape index (κ2) is 6.03. The predicted molar refractivity (Wildman–Crippen MR) is 89.9 cm³/mol. The van der Waals surface area contributed by atoms with Crippen molar-refractivity contribution in [3.8, 4) is 9.75 Å². The molecule has 0 radical (unpaired) electrons. The van der Waals surface area contributed by atoms with E-state index >= 15 is 0 Å². The van der Waals surface area contributed by atoms with Gasteiger partial charge in [-0.25, -0.2) is 0 Å². The zero-order chi connectivity index (χ0) is 13.8. The minimum atomic E-state index is 1.00. The molecule has 2 nitrogen and oxygen atoms in total. The zero-order valence-electron chi connectivity index (χ0n) is 11.0. The summed E-state index contributed by atoms with van der Waals surface area (Å²) < 4.78 is 0. The molecule has 2 aromatic heterocycles. The summed E-state index contributed by atoms with van der Waals surface area (Å²) in [6.45, 7) is 2.03. The van der Waals surface area contributed by atoms with Gasteiger partial charge in [0.2, 0.25) is 0 Å². The lowest BCUT2D eigenvalue weighted by atomic mass is 10.3. The van der Waals surface area contributed by atoms with Gasteiger partial charge in [0.25, 0.3) is 0 Å². The second-order valence-electron chi connectivity index (χ2n) is 4.32. The summed E-state index contributed by atoms with van der Waals surface area (Å²) in [5.74, 6) is 0. The summed E-state index contributed by atoms with van der Waals surface area (Å²) in [4.78, 5) is 3.80. The summed E-state index contributed by atoms with van der Waals surface area (Å²) in [5, 5.41) is 6.54. The van der Waals surface area contributed by atoms with E-state index in [1.807, 2.05) is 37.3 Å². The molecule has 0 saturated carbocycles. The average molecular weight is 298 g/mol. The van der Waals surface area contributed by atoms with Crippen molar-refractivity contribution in [3.63, 3.8) is 0 Å². The van der Waals surface area contributed by atoms with Gasteiger partial charge in [-0.15, -0.1) is 22.7 Å². The van der Waals surface area contributed by atoms with Crippen LogP contribution in [-0.4, -0.2) is 5.71 Å². The van der Waals surface area contributed by atoms with Gasteiger partial charge in [-0.2, -0.15) is 5.10 Å². The van der Waals surface area contributed by atoms with E-state index in [4.69, 9.17) is 0 Å². The fraction of sp³-hybridized carbons (Fsp3) is 0.0625. The Bertz CT molecular complexity index is 697. The number of hydrogen-bond donors (Lipinski definition) is 1. The lowest BCUT2D eigenvalue weighted by molar-refractivity contribution is 1.33. The number of nitrogens with one attached hydrogen (secondary N) is 1. The van der Waals surface area contributed by atoms with Gasteiger partial charge in [-0.05, 0) is 42.6 Å². The largest absolute Gasteiger partial charge is 0.278 e. The van der Waals surface area contributed by atoms with Crippen molar-refractivity contribution in [3.05, 3.63) is 64.9 Å². The van der Waals surface area contributed by atoms with Gasteiger partial charge in [-0.1, -0.05) is 24.3 Å². The number of nitrogens with zero attached hydrogens (tertiary/aromatic N) is 1. The van der Waals surface area contributed by atoms with Crippen molar-refractivity contribution in [1.82, 2.24) is 0 Å². The van der Waals surface area contributed by atoms with Crippen molar-refractivity contribution in [2.45, 2.75) is 6.92 Å². The van der Waals surface area contributed by atoms with E-state index < -0.39 is 0 Å². The van der Waals surface area contributed by atoms with Gasteiger partial charge in [0, 0.05) is 9.75 Å². The number of hydrazone groups is 1. The van der Waals surface area contributed by atoms with Crippen LogP contribution in [0.25, 0.3) is 9.75 Å². The first-order chi connectivity index (χ1) is 9.83. The van der Waals surface area contributed by atoms with E-state index in [2.05, 4.69) is 40.2 Å². The summed E-state index contributed by atoms with van der Waals surface area (Å²) >= 11 is 3.54. The molecule has 0 spiro atoms. The Hall–Kier alpha value is -1.91. The van der Waals surface area contributed by atoms with Gasteiger partial charge in [0.1, 0.15) is 0 Å². The van der Waals surface area contributed by atoms with Crippen LogP contribution in [0.5, 0.6) is 0 Å². The molecule has 1 N–H and O–H groups in total. The third kappa shape index (κ3) is 2.98. The molecule has 0 unspecified atom stereocenters. The lowest BCUT2D eigenvalue weighted by Gasteiger charge is -2.01. The van der Waals surface area contributed by atoms with Crippen molar-refractivity contribution in [2.24, 2.45) is 5.10 Å². The number of thiophene rings is 2. The molecule has 3 aromatic rings. The van der Waals surface area contributed by atoms with Crippen LogP contribution in [0.4, 0.5) is 5.69 Å². The molecule has 3 rings (SSSR count). The Morgan fingerprint density at radius 2 is 1.80 bits per heavy atom. The van der Waals surface area contributed by atoms with E-state index in [1.165, 1.54) is 14.6 Å². The van der Waals surface area contributed by atoms with Crippen LogP contribution in [0.1, 0.15) is 11.8 Å². The van der Waals surface area contributed by atoms with Crippen LogP contribution in [0, 0.1) is 0 Å². The molecular weight excluding hydrogens is 284 g/mol. The highest BCUT2D eigenvalue weighted by Gasteiger charge is 2.05. The van der Waals surface area contributed by atoms with Crippen molar-refractivity contribution < 1.29 is 0 Å². The minimum absolute atomic E-state index is 1.00. The predicted octanol–water partition coefficient (Wildman–Crippen LogP) is 5.31. The summed E-state index contributed by atoms with van der Waals surface area (Å²) in [7, 11) is 0. The molecule has 0 fully saturated rings. The first kappa shape index (κ1) is 13.1. The van der Waals surface area contributed by atoms with Crippen molar-refractivity contribution >= 4 is 34.1 Å². The first-order valence-electron chi connectivity index (χ1n) is 6.32. The molecule has 0 bridgehead atoms. The molecule has 0 aliphatic carbocycles. The number of anilines is 1. The highest BCUT2D eigenvalue weighted by molar-refractivity contribution is 7.22. The normalized spacial score (nSPS) is 11.6. The summed E-state index contributed by atoms with van der Waals surface area (Å²) in [6.07, 6.45) is 0. The Balaban J connectivity index is 1.76. The van der Waals surface area contributed by atoms with Crippen LogP contribution in [0.3, 0.4) is 0 Å². The molecule has 0 aliphatic heterocycles. The fourth-order valence-electron chi connectivity index (χ4n) is 1.80. The Morgan fingerprint density at radius 3 is 2.55 bits per heavy atom. The number of para-hydroxylation sites is 1. The fourth-order valence-corrected chi connectivity index (χ4v) is 3.59. The Labute approximate surface area is 126 Å². The van der Waals surface area contributed by atoms with Crippen LogP contribution in [0.15, 0.2) is 65.1 Å². The maximum absolute atomic E-state index is 4.44. The number of benzene rings is 1. The van der Waals surface area contributed by atoms with Crippen LogP contribution in [-0.2, 0) is 0 Å². The summed E-state index contributed by atoms with van der Waals surface area (Å²) in [6, 6.07) is 18.5. The number of hydrogen-bond acceptors (Lipinski definition) is 4. The molecule has 0 saturated heterocycles. The SMILES string of the molecule is CC(=NNc1ccccc1)c1ccc(-c2cccs2)s1. The van der Waals surface area contributed by atoms with E-state index in [-0.39, 0.29) is 0 Å². The van der Waals surface area contributed by atoms with Gasteiger partial charge in [0.05, 0.1) is 16.3 Å². The Kier molecular flexibility index (Phi) is 3.95. The molecule has 0 amide bonds. The molecule has 20 heavy (non-hydrogen) atoms. The first-order valence-corrected chi connectivity index (χ1v) is 8.02. The minimum Gasteiger partial charge on any atom is -0.278 e. The molecule has 4 heteroatoms. The van der Waals surface area contributed by atoms with E-state index in [9.17, 15) is 0 Å². The van der Waals surface area contributed by atoms with Crippen molar-refractivity contribution in [1.29, 1.82) is 0 Å². The maximum atomic E-state index is 4.44. The van der Waals surface area contributed by atoms with Gasteiger partial charge in [-0.3, -0.25) is 5.43 Å². The molecule has 0 aliphatic rings. The number of rotatable bonds is 4. The molecule has 100 valence electrons. The molecule has 1 aromatic carbocycles. The monoisotopic (exact) mass is 298 g/mol. The highest BCUT2D eigenvalue weighted by Crippen LogP contribution is 2.31. The van der Waals surface area contributed by atoms with Crippen LogP contribution in [0.2, 0.25) is 0 Å².